The van der Waals surface area contributed by atoms with E-state index in [9.17, 15) is 18.0 Å². The highest BCUT2D eigenvalue weighted by Gasteiger charge is 2.52. The summed E-state index contributed by atoms with van der Waals surface area (Å²) >= 11 is 0. The average molecular weight is 357 g/mol. The summed E-state index contributed by atoms with van der Waals surface area (Å²) in [6.45, 7) is 10.6. The van der Waals surface area contributed by atoms with E-state index in [0.717, 1.165) is 12.1 Å². The Hall–Kier alpha value is -2.00. The van der Waals surface area contributed by atoms with E-state index in [1.807, 2.05) is 27.7 Å². The zero-order chi connectivity index (χ0) is 19.0. The number of ether oxygens (including phenoxy) is 1. The Labute approximate surface area is 144 Å². The van der Waals surface area contributed by atoms with Gasteiger partial charge in [-0.05, 0) is 51.4 Å². The van der Waals surface area contributed by atoms with Gasteiger partial charge in [-0.1, -0.05) is 6.58 Å². The van der Waals surface area contributed by atoms with Gasteiger partial charge in [-0.15, -0.1) is 13.2 Å². The second kappa shape index (κ2) is 6.38. The normalized spacial score (nSPS) is 18.8. The second-order valence-electron chi connectivity index (χ2n) is 6.62. The average Bonchev–Trinajstić information content (AvgIpc) is 2.65. The lowest BCUT2D eigenvalue weighted by Gasteiger charge is -2.32. The van der Waals surface area contributed by atoms with Crippen LogP contribution in [0.2, 0.25) is 0 Å². The molecule has 1 saturated heterocycles. The Morgan fingerprint density at radius 1 is 1.20 bits per heavy atom. The molecule has 1 amide bonds. The summed E-state index contributed by atoms with van der Waals surface area (Å²) in [6, 6.07) is 3.69. The van der Waals surface area contributed by atoms with E-state index < -0.39 is 36.3 Å². The monoisotopic (exact) mass is 357 g/mol. The molecule has 0 radical (unpaired) electrons. The zero-order valence-corrected chi connectivity index (χ0v) is 14.4. The first kappa shape index (κ1) is 19.3. The molecular formula is C16H19BF3NO4. The van der Waals surface area contributed by atoms with Gasteiger partial charge in [0.05, 0.1) is 11.2 Å². The standard InChI is InChI=1S/C16H19BF3NO4/c1-6-13(22)21-11-7-10(8-12(9-11)23-16(18,19)20)17-24-14(2,3)15(4,5)25-17/h6-9H,1H2,2-5H3,(H,21,22). The molecule has 1 aromatic rings. The molecule has 0 saturated carbocycles. The Balaban J connectivity index is 2.39. The highest BCUT2D eigenvalue weighted by atomic mass is 19.4. The first-order valence-electron chi connectivity index (χ1n) is 7.53. The molecule has 1 N–H and O–H groups in total. The van der Waals surface area contributed by atoms with Crippen molar-refractivity contribution in [3.05, 3.63) is 30.9 Å². The van der Waals surface area contributed by atoms with Gasteiger partial charge < -0.3 is 19.4 Å². The molecule has 0 bridgehead atoms. The summed E-state index contributed by atoms with van der Waals surface area (Å²) in [4.78, 5) is 11.5. The minimum atomic E-state index is -4.87. The van der Waals surface area contributed by atoms with Crippen LogP contribution in [0.15, 0.2) is 30.9 Å². The first-order valence-corrected chi connectivity index (χ1v) is 7.53. The third-order valence-electron chi connectivity index (χ3n) is 4.14. The van der Waals surface area contributed by atoms with Crippen molar-refractivity contribution in [2.45, 2.75) is 45.3 Å². The highest BCUT2D eigenvalue weighted by molar-refractivity contribution is 6.62. The molecule has 0 aliphatic carbocycles. The van der Waals surface area contributed by atoms with Crippen LogP contribution >= 0.6 is 0 Å². The summed E-state index contributed by atoms with van der Waals surface area (Å²) < 4.78 is 53.3. The fourth-order valence-corrected chi connectivity index (χ4v) is 2.20. The Morgan fingerprint density at radius 3 is 2.24 bits per heavy atom. The lowest BCUT2D eigenvalue weighted by Crippen LogP contribution is -2.41. The van der Waals surface area contributed by atoms with Crippen molar-refractivity contribution in [1.82, 2.24) is 0 Å². The van der Waals surface area contributed by atoms with E-state index in [0.29, 0.717) is 5.46 Å². The maximum Gasteiger partial charge on any atom is 0.573 e. The van der Waals surface area contributed by atoms with Gasteiger partial charge in [-0.2, -0.15) is 0 Å². The lowest BCUT2D eigenvalue weighted by atomic mass is 9.78. The van der Waals surface area contributed by atoms with Crippen molar-refractivity contribution in [2.75, 3.05) is 5.32 Å². The fraction of sp³-hybridized carbons (Fsp3) is 0.438. The van der Waals surface area contributed by atoms with Crippen LogP contribution in [0, 0.1) is 0 Å². The number of hydrogen-bond donors (Lipinski definition) is 1. The molecule has 9 heteroatoms. The molecule has 2 rings (SSSR count). The fourth-order valence-electron chi connectivity index (χ4n) is 2.20. The Bertz CT molecular complexity index is 672. The first-order chi connectivity index (χ1) is 11.3. The Kier molecular flexibility index (Phi) is 4.93. The molecule has 1 aromatic carbocycles. The lowest BCUT2D eigenvalue weighted by molar-refractivity contribution is -0.274. The third kappa shape index (κ3) is 4.55. The maximum absolute atomic E-state index is 12.6. The molecule has 0 unspecified atom stereocenters. The minimum Gasteiger partial charge on any atom is -0.406 e. The molecule has 136 valence electrons. The largest absolute Gasteiger partial charge is 0.573 e. The van der Waals surface area contributed by atoms with E-state index in [1.165, 1.54) is 12.1 Å². The van der Waals surface area contributed by atoms with E-state index in [4.69, 9.17) is 9.31 Å². The molecule has 0 atom stereocenters. The van der Waals surface area contributed by atoms with Crippen LogP contribution in [0.4, 0.5) is 18.9 Å². The summed E-state index contributed by atoms with van der Waals surface area (Å²) in [6.07, 6.45) is -3.86. The highest BCUT2D eigenvalue weighted by Crippen LogP contribution is 2.37. The van der Waals surface area contributed by atoms with Gasteiger partial charge in [0.15, 0.2) is 0 Å². The smallest absolute Gasteiger partial charge is 0.406 e. The van der Waals surface area contributed by atoms with Gasteiger partial charge in [0.25, 0.3) is 0 Å². The molecular weight excluding hydrogens is 338 g/mol. The number of nitrogens with one attached hydrogen (secondary N) is 1. The van der Waals surface area contributed by atoms with Gasteiger partial charge in [0.2, 0.25) is 5.91 Å². The number of carbonyl (C=O) groups is 1. The SMILES string of the molecule is C=CC(=O)Nc1cc(OC(F)(F)F)cc(B2OC(C)(C)C(C)(C)O2)c1. The number of rotatable bonds is 4. The number of amides is 1. The summed E-state index contributed by atoms with van der Waals surface area (Å²) in [5.41, 5.74) is -0.928. The molecule has 1 fully saturated rings. The van der Waals surface area contributed by atoms with E-state index >= 15 is 0 Å². The van der Waals surface area contributed by atoms with E-state index in [2.05, 4.69) is 16.6 Å². The number of alkyl halides is 3. The van der Waals surface area contributed by atoms with Crippen molar-refractivity contribution < 1.29 is 32.0 Å². The Morgan fingerprint density at radius 2 is 1.76 bits per heavy atom. The molecule has 1 heterocycles. The van der Waals surface area contributed by atoms with Crippen molar-refractivity contribution in [3.63, 3.8) is 0 Å². The van der Waals surface area contributed by atoms with Crippen molar-refractivity contribution >= 4 is 24.2 Å². The van der Waals surface area contributed by atoms with Gasteiger partial charge in [0.1, 0.15) is 5.75 Å². The summed E-state index contributed by atoms with van der Waals surface area (Å²) in [5.74, 6) is -1.05. The topological polar surface area (TPSA) is 56.8 Å². The molecule has 1 aliphatic heterocycles. The summed E-state index contributed by atoms with van der Waals surface area (Å²) in [5, 5.41) is 2.41. The van der Waals surface area contributed by atoms with Crippen LogP contribution in [0.25, 0.3) is 0 Å². The molecule has 0 spiro atoms. The van der Waals surface area contributed by atoms with Crippen LogP contribution < -0.4 is 15.5 Å². The predicted molar refractivity (Wildman–Crippen MR) is 87.7 cm³/mol. The van der Waals surface area contributed by atoms with Crippen LogP contribution in [-0.2, 0) is 14.1 Å². The van der Waals surface area contributed by atoms with Crippen LogP contribution in [0.3, 0.4) is 0 Å². The molecule has 5 nitrogen and oxygen atoms in total. The number of benzene rings is 1. The molecule has 25 heavy (non-hydrogen) atoms. The number of anilines is 1. The second-order valence-corrected chi connectivity index (χ2v) is 6.62. The van der Waals surface area contributed by atoms with Crippen LogP contribution in [0.1, 0.15) is 27.7 Å². The summed E-state index contributed by atoms with van der Waals surface area (Å²) in [7, 11) is -0.902. The van der Waals surface area contributed by atoms with Crippen LogP contribution in [-0.4, -0.2) is 30.6 Å². The maximum atomic E-state index is 12.6. The minimum absolute atomic E-state index is 0.108. The van der Waals surface area contributed by atoms with Crippen molar-refractivity contribution in [1.29, 1.82) is 0 Å². The van der Waals surface area contributed by atoms with Crippen LogP contribution in [0.5, 0.6) is 5.75 Å². The number of halogens is 3. The van der Waals surface area contributed by atoms with Crippen molar-refractivity contribution in [3.8, 4) is 5.75 Å². The number of carbonyl (C=O) groups excluding carboxylic acids is 1. The van der Waals surface area contributed by atoms with E-state index in [-0.39, 0.29) is 5.69 Å². The van der Waals surface area contributed by atoms with Gasteiger partial charge in [0, 0.05) is 11.8 Å². The van der Waals surface area contributed by atoms with Gasteiger partial charge in [-0.25, -0.2) is 0 Å². The number of hydrogen-bond acceptors (Lipinski definition) is 4. The zero-order valence-electron chi connectivity index (χ0n) is 14.4. The molecule has 0 aromatic heterocycles. The quantitative estimate of drug-likeness (QED) is 0.665. The van der Waals surface area contributed by atoms with Gasteiger partial charge in [-0.3, -0.25) is 4.79 Å². The van der Waals surface area contributed by atoms with Gasteiger partial charge >= 0.3 is 13.5 Å². The van der Waals surface area contributed by atoms with Crippen molar-refractivity contribution in [2.24, 2.45) is 0 Å². The predicted octanol–water partition coefficient (Wildman–Crippen LogP) is 3.01. The molecule has 1 aliphatic rings. The van der Waals surface area contributed by atoms with E-state index in [1.54, 1.807) is 0 Å². The third-order valence-corrected chi connectivity index (χ3v) is 4.14.